The van der Waals surface area contributed by atoms with Crippen molar-refractivity contribution in [2.45, 2.75) is 40.2 Å². The molecule has 0 aliphatic rings. The van der Waals surface area contributed by atoms with Gasteiger partial charge in [-0.05, 0) is 30.0 Å². The molecule has 20 heavy (non-hydrogen) atoms. The topological polar surface area (TPSA) is 40.7 Å². The molecule has 0 fully saturated rings. The summed E-state index contributed by atoms with van der Waals surface area (Å²) in [6.45, 7) is 8.43. The van der Waals surface area contributed by atoms with Crippen LogP contribution in [0.3, 0.4) is 0 Å². The van der Waals surface area contributed by atoms with Crippen molar-refractivity contribution < 1.29 is 0 Å². The molecule has 0 saturated carbocycles. The smallest absolute Gasteiger partial charge is 0.120 e. The van der Waals surface area contributed by atoms with Crippen LogP contribution in [0.15, 0.2) is 30.5 Å². The average molecular weight is 271 g/mol. The number of nitrogens with zero attached hydrogens (tertiary/aromatic N) is 1. The Balaban J connectivity index is 1.97. The highest BCUT2D eigenvalue weighted by atomic mass is 15.0. The zero-order valence-corrected chi connectivity index (χ0v) is 12.7. The molecule has 1 aromatic carbocycles. The Kier molecular flexibility index (Phi) is 5.36. The predicted molar refractivity (Wildman–Crippen MR) is 84.6 cm³/mol. The molecule has 0 aliphatic carbocycles. The van der Waals surface area contributed by atoms with Crippen molar-refractivity contribution in [3.05, 3.63) is 41.9 Å². The van der Waals surface area contributed by atoms with Gasteiger partial charge in [-0.25, -0.2) is 4.98 Å². The van der Waals surface area contributed by atoms with E-state index in [9.17, 15) is 0 Å². The first kappa shape index (κ1) is 14.8. The quantitative estimate of drug-likeness (QED) is 0.804. The van der Waals surface area contributed by atoms with E-state index in [2.05, 4.69) is 60.3 Å². The van der Waals surface area contributed by atoms with Crippen LogP contribution in [0.5, 0.6) is 0 Å². The van der Waals surface area contributed by atoms with E-state index in [1.54, 1.807) is 0 Å². The minimum atomic E-state index is 0.663. The number of aryl methyl sites for hydroxylation is 1. The lowest BCUT2D eigenvalue weighted by Gasteiger charge is -2.05. The van der Waals surface area contributed by atoms with Crippen LogP contribution in [-0.4, -0.2) is 16.5 Å². The van der Waals surface area contributed by atoms with Gasteiger partial charge in [-0.2, -0.15) is 0 Å². The maximum Gasteiger partial charge on any atom is 0.120 e. The molecule has 0 spiro atoms. The van der Waals surface area contributed by atoms with E-state index in [1.807, 2.05) is 6.20 Å². The number of aromatic amines is 1. The van der Waals surface area contributed by atoms with E-state index < -0.39 is 0 Å². The Hall–Kier alpha value is -1.61. The molecule has 0 unspecified atom stereocenters. The van der Waals surface area contributed by atoms with Crippen LogP contribution in [0.25, 0.3) is 11.3 Å². The lowest BCUT2D eigenvalue weighted by Crippen LogP contribution is -2.19. The van der Waals surface area contributed by atoms with Crippen molar-refractivity contribution in [3.8, 4) is 11.3 Å². The Labute approximate surface area is 121 Å². The summed E-state index contributed by atoms with van der Waals surface area (Å²) in [5.74, 6) is 1.66. The molecule has 0 amide bonds. The van der Waals surface area contributed by atoms with Crippen molar-refractivity contribution >= 4 is 0 Å². The highest BCUT2D eigenvalue weighted by molar-refractivity contribution is 5.58. The Morgan fingerprint density at radius 1 is 1.20 bits per heavy atom. The van der Waals surface area contributed by atoms with Gasteiger partial charge < -0.3 is 10.3 Å². The summed E-state index contributed by atoms with van der Waals surface area (Å²) in [6.07, 6.45) is 4.25. The molecular weight excluding hydrogens is 246 g/mol. The van der Waals surface area contributed by atoms with Crippen LogP contribution >= 0.6 is 0 Å². The predicted octanol–water partition coefficient (Wildman–Crippen LogP) is 3.77. The van der Waals surface area contributed by atoms with E-state index in [4.69, 9.17) is 0 Å². The summed E-state index contributed by atoms with van der Waals surface area (Å²) >= 11 is 0. The first-order chi connectivity index (χ1) is 9.69. The number of hydrogen-bond donors (Lipinski definition) is 2. The summed E-state index contributed by atoms with van der Waals surface area (Å²) < 4.78 is 0. The Morgan fingerprint density at radius 2 is 1.95 bits per heavy atom. The second-order valence-corrected chi connectivity index (χ2v) is 5.72. The molecule has 0 radical (unpaired) electrons. The molecule has 0 aliphatic heterocycles. The van der Waals surface area contributed by atoms with Crippen LogP contribution < -0.4 is 5.32 Å². The standard InChI is InChI=1S/C17H25N3/c1-4-5-14-6-8-15(9-7-14)16-11-19-17(20-16)12-18-10-13(2)3/h6-9,11,13,18H,4-5,10,12H2,1-3H3,(H,19,20). The van der Waals surface area contributed by atoms with Crippen LogP contribution in [0.4, 0.5) is 0 Å². The van der Waals surface area contributed by atoms with Gasteiger partial charge >= 0.3 is 0 Å². The Bertz CT molecular complexity index is 511. The normalized spacial score (nSPS) is 11.2. The number of hydrogen-bond acceptors (Lipinski definition) is 2. The third-order valence-corrected chi connectivity index (χ3v) is 3.28. The summed E-state index contributed by atoms with van der Waals surface area (Å²) in [7, 11) is 0. The van der Waals surface area contributed by atoms with Gasteiger partial charge in [0.2, 0.25) is 0 Å². The fraction of sp³-hybridized carbons (Fsp3) is 0.471. The molecular formula is C17H25N3. The highest BCUT2D eigenvalue weighted by Gasteiger charge is 2.03. The van der Waals surface area contributed by atoms with E-state index in [1.165, 1.54) is 17.5 Å². The summed E-state index contributed by atoms with van der Waals surface area (Å²) in [5.41, 5.74) is 3.69. The minimum absolute atomic E-state index is 0.663. The van der Waals surface area contributed by atoms with Gasteiger partial charge in [0.05, 0.1) is 18.4 Å². The van der Waals surface area contributed by atoms with E-state index >= 15 is 0 Å². The molecule has 108 valence electrons. The van der Waals surface area contributed by atoms with Crippen LogP contribution in [0, 0.1) is 5.92 Å². The third-order valence-electron chi connectivity index (χ3n) is 3.28. The second-order valence-electron chi connectivity index (χ2n) is 5.72. The second kappa shape index (κ2) is 7.25. The number of rotatable bonds is 7. The Morgan fingerprint density at radius 3 is 2.60 bits per heavy atom. The van der Waals surface area contributed by atoms with E-state index in [0.29, 0.717) is 5.92 Å². The van der Waals surface area contributed by atoms with E-state index in [0.717, 1.165) is 31.0 Å². The number of H-pyrrole nitrogens is 1. The molecule has 2 N–H and O–H groups in total. The molecule has 3 nitrogen and oxygen atoms in total. The van der Waals surface area contributed by atoms with Gasteiger partial charge in [-0.15, -0.1) is 0 Å². The summed E-state index contributed by atoms with van der Waals surface area (Å²) in [4.78, 5) is 7.81. The van der Waals surface area contributed by atoms with Gasteiger partial charge in [0.15, 0.2) is 0 Å². The largest absolute Gasteiger partial charge is 0.341 e. The van der Waals surface area contributed by atoms with Crippen LogP contribution in [0.1, 0.15) is 38.6 Å². The zero-order chi connectivity index (χ0) is 14.4. The van der Waals surface area contributed by atoms with Crippen molar-refractivity contribution in [2.24, 2.45) is 5.92 Å². The number of aromatic nitrogens is 2. The molecule has 0 bridgehead atoms. The summed E-state index contributed by atoms with van der Waals surface area (Å²) in [6, 6.07) is 8.75. The van der Waals surface area contributed by atoms with Crippen LogP contribution in [0.2, 0.25) is 0 Å². The van der Waals surface area contributed by atoms with Gasteiger partial charge in [0.1, 0.15) is 5.82 Å². The van der Waals surface area contributed by atoms with Gasteiger partial charge in [-0.1, -0.05) is 51.5 Å². The third kappa shape index (κ3) is 4.20. The first-order valence-corrected chi connectivity index (χ1v) is 7.53. The lowest BCUT2D eigenvalue weighted by atomic mass is 10.1. The van der Waals surface area contributed by atoms with Crippen molar-refractivity contribution in [1.82, 2.24) is 15.3 Å². The maximum atomic E-state index is 4.43. The van der Waals surface area contributed by atoms with Crippen LogP contribution in [-0.2, 0) is 13.0 Å². The van der Waals surface area contributed by atoms with Crippen molar-refractivity contribution in [3.63, 3.8) is 0 Å². The average Bonchev–Trinajstić information content (AvgIpc) is 2.88. The molecule has 0 atom stereocenters. The zero-order valence-electron chi connectivity index (χ0n) is 12.7. The number of benzene rings is 1. The molecule has 3 heteroatoms. The monoisotopic (exact) mass is 271 g/mol. The summed E-state index contributed by atoms with van der Waals surface area (Å²) in [5, 5.41) is 3.40. The minimum Gasteiger partial charge on any atom is -0.341 e. The molecule has 0 saturated heterocycles. The number of imidazole rings is 1. The highest BCUT2D eigenvalue weighted by Crippen LogP contribution is 2.18. The van der Waals surface area contributed by atoms with Crippen molar-refractivity contribution in [2.75, 3.05) is 6.54 Å². The number of nitrogens with one attached hydrogen (secondary N) is 2. The molecule has 2 rings (SSSR count). The van der Waals surface area contributed by atoms with Gasteiger partial charge in [0, 0.05) is 0 Å². The fourth-order valence-electron chi connectivity index (χ4n) is 2.22. The SMILES string of the molecule is CCCc1ccc(-c2cnc(CNCC(C)C)[nH]2)cc1. The van der Waals surface area contributed by atoms with E-state index in [-0.39, 0.29) is 0 Å². The van der Waals surface area contributed by atoms with Gasteiger partial charge in [-0.3, -0.25) is 0 Å². The first-order valence-electron chi connectivity index (χ1n) is 7.53. The fourth-order valence-corrected chi connectivity index (χ4v) is 2.22. The molecule has 1 heterocycles. The van der Waals surface area contributed by atoms with Gasteiger partial charge in [0.25, 0.3) is 0 Å². The lowest BCUT2D eigenvalue weighted by molar-refractivity contribution is 0.545. The maximum absolute atomic E-state index is 4.43. The van der Waals surface area contributed by atoms with Crippen molar-refractivity contribution in [1.29, 1.82) is 0 Å². The molecule has 1 aromatic heterocycles. The molecule has 2 aromatic rings.